The van der Waals surface area contributed by atoms with Gasteiger partial charge in [-0.05, 0) is 35.9 Å². The maximum Gasteiger partial charge on any atom is 0.416 e. The smallest absolute Gasteiger partial charge is 0.416 e. The SMILES string of the molecule is CC(=O)OC1CN(S(=O)(=O)c2ccc(-c3cn(C(=O)O)c4cc(F)ccc34)cc2)CC1O. The highest BCUT2D eigenvalue weighted by atomic mass is 32.2. The number of carboxylic acid groups (broad SMARTS) is 1. The predicted octanol–water partition coefficient (Wildman–Crippen LogP) is 2.27. The molecule has 1 saturated heterocycles. The first-order chi connectivity index (χ1) is 15.1. The van der Waals surface area contributed by atoms with Crippen molar-refractivity contribution in [3.63, 3.8) is 0 Å². The Hall–Kier alpha value is -3.28. The van der Waals surface area contributed by atoms with Crippen molar-refractivity contribution in [2.24, 2.45) is 0 Å². The average Bonchev–Trinajstić information content (AvgIpc) is 3.28. The number of carbonyl (C=O) groups excluding carboxylic acids is 1. The Morgan fingerprint density at radius 1 is 1.12 bits per heavy atom. The molecule has 1 aliphatic heterocycles. The molecule has 0 amide bonds. The number of hydrogen-bond acceptors (Lipinski definition) is 6. The van der Waals surface area contributed by atoms with Crippen molar-refractivity contribution in [1.29, 1.82) is 0 Å². The Morgan fingerprint density at radius 2 is 1.81 bits per heavy atom. The lowest BCUT2D eigenvalue weighted by Gasteiger charge is -2.16. The molecule has 2 heterocycles. The van der Waals surface area contributed by atoms with E-state index in [1.54, 1.807) is 0 Å². The number of carbonyl (C=O) groups is 2. The van der Waals surface area contributed by atoms with Crippen molar-refractivity contribution in [3.8, 4) is 11.1 Å². The van der Waals surface area contributed by atoms with Crippen LogP contribution in [0.15, 0.2) is 53.6 Å². The van der Waals surface area contributed by atoms with Gasteiger partial charge in [0, 0.05) is 30.6 Å². The summed E-state index contributed by atoms with van der Waals surface area (Å²) in [4.78, 5) is 22.6. The van der Waals surface area contributed by atoms with Crippen molar-refractivity contribution in [2.45, 2.75) is 24.0 Å². The van der Waals surface area contributed by atoms with Gasteiger partial charge in [-0.3, -0.25) is 9.36 Å². The van der Waals surface area contributed by atoms with E-state index in [4.69, 9.17) is 4.74 Å². The maximum atomic E-state index is 13.6. The highest BCUT2D eigenvalue weighted by Crippen LogP contribution is 2.32. The minimum atomic E-state index is -3.96. The van der Waals surface area contributed by atoms with Crippen LogP contribution in [0.2, 0.25) is 0 Å². The number of rotatable bonds is 4. The van der Waals surface area contributed by atoms with Gasteiger partial charge in [-0.15, -0.1) is 0 Å². The molecule has 1 aliphatic rings. The number of sulfonamides is 1. The van der Waals surface area contributed by atoms with Crippen LogP contribution in [0, 0.1) is 5.82 Å². The first kappa shape index (κ1) is 21.9. The largest absolute Gasteiger partial charge is 0.464 e. The van der Waals surface area contributed by atoms with Crippen LogP contribution in [0.4, 0.5) is 9.18 Å². The molecule has 2 unspecified atom stereocenters. The van der Waals surface area contributed by atoms with E-state index in [1.807, 2.05) is 0 Å². The van der Waals surface area contributed by atoms with Crippen molar-refractivity contribution in [2.75, 3.05) is 13.1 Å². The van der Waals surface area contributed by atoms with Crippen LogP contribution in [0.1, 0.15) is 6.92 Å². The van der Waals surface area contributed by atoms with E-state index in [0.29, 0.717) is 16.5 Å². The van der Waals surface area contributed by atoms with Crippen molar-refractivity contribution in [1.82, 2.24) is 8.87 Å². The lowest BCUT2D eigenvalue weighted by Crippen LogP contribution is -2.30. The van der Waals surface area contributed by atoms with Crippen LogP contribution in [0.3, 0.4) is 0 Å². The van der Waals surface area contributed by atoms with E-state index in [1.165, 1.54) is 49.5 Å². The molecule has 2 atom stereocenters. The maximum absolute atomic E-state index is 13.6. The fourth-order valence-corrected chi connectivity index (χ4v) is 5.26. The van der Waals surface area contributed by atoms with Gasteiger partial charge in [-0.1, -0.05) is 12.1 Å². The molecule has 0 radical (unpaired) electrons. The summed E-state index contributed by atoms with van der Waals surface area (Å²) >= 11 is 0. The molecule has 1 aromatic heterocycles. The zero-order valence-corrected chi connectivity index (χ0v) is 17.6. The molecule has 3 aromatic rings. The monoisotopic (exact) mass is 462 g/mol. The molecule has 2 N–H and O–H groups in total. The summed E-state index contributed by atoms with van der Waals surface area (Å²) in [5.74, 6) is -1.19. The predicted molar refractivity (Wildman–Crippen MR) is 111 cm³/mol. The molecule has 4 rings (SSSR count). The minimum absolute atomic E-state index is 0.0371. The third-order valence-electron chi connectivity index (χ3n) is 5.30. The van der Waals surface area contributed by atoms with Gasteiger partial charge in [0.1, 0.15) is 18.0 Å². The van der Waals surface area contributed by atoms with Crippen molar-refractivity contribution in [3.05, 3.63) is 54.5 Å². The lowest BCUT2D eigenvalue weighted by atomic mass is 10.1. The molecular weight excluding hydrogens is 443 g/mol. The number of aliphatic hydroxyl groups is 1. The van der Waals surface area contributed by atoms with E-state index in [9.17, 15) is 32.6 Å². The molecule has 1 fully saturated rings. The zero-order chi connectivity index (χ0) is 23.2. The van der Waals surface area contributed by atoms with E-state index in [0.717, 1.165) is 14.9 Å². The second-order valence-electron chi connectivity index (χ2n) is 7.42. The molecular formula is C21H19FN2O7S. The molecule has 0 bridgehead atoms. The van der Waals surface area contributed by atoms with Crippen LogP contribution < -0.4 is 0 Å². The normalized spacial score (nSPS) is 19.3. The number of hydrogen-bond donors (Lipinski definition) is 2. The van der Waals surface area contributed by atoms with E-state index in [-0.39, 0.29) is 23.5 Å². The van der Waals surface area contributed by atoms with Crippen LogP contribution in [0.25, 0.3) is 22.0 Å². The third kappa shape index (κ3) is 3.85. The summed E-state index contributed by atoms with van der Waals surface area (Å²) in [7, 11) is -3.96. The number of esters is 1. The van der Waals surface area contributed by atoms with Crippen molar-refractivity contribution < 1.29 is 37.3 Å². The number of fused-ring (bicyclic) bond motifs is 1. The van der Waals surface area contributed by atoms with E-state index >= 15 is 0 Å². The molecule has 2 aromatic carbocycles. The Labute approximate surface area is 182 Å². The molecule has 9 nitrogen and oxygen atoms in total. The van der Waals surface area contributed by atoms with Crippen molar-refractivity contribution >= 4 is 33.0 Å². The third-order valence-corrected chi connectivity index (χ3v) is 7.14. The van der Waals surface area contributed by atoms with Gasteiger partial charge in [0.15, 0.2) is 0 Å². The minimum Gasteiger partial charge on any atom is -0.464 e. The molecule has 0 spiro atoms. The van der Waals surface area contributed by atoms with E-state index < -0.39 is 40.1 Å². The Morgan fingerprint density at radius 3 is 2.44 bits per heavy atom. The van der Waals surface area contributed by atoms with Gasteiger partial charge < -0.3 is 14.9 Å². The number of aromatic nitrogens is 1. The second-order valence-corrected chi connectivity index (χ2v) is 9.36. The zero-order valence-electron chi connectivity index (χ0n) is 16.8. The summed E-state index contributed by atoms with van der Waals surface area (Å²) in [6.07, 6.45) is -2.00. The van der Waals surface area contributed by atoms with E-state index in [2.05, 4.69) is 0 Å². The number of benzene rings is 2. The first-order valence-electron chi connectivity index (χ1n) is 9.57. The topological polar surface area (TPSA) is 126 Å². The van der Waals surface area contributed by atoms with Gasteiger partial charge in [0.2, 0.25) is 10.0 Å². The number of aliphatic hydroxyl groups excluding tert-OH is 1. The second kappa shape index (κ2) is 8.01. The molecule has 0 saturated carbocycles. The summed E-state index contributed by atoms with van der Waals surface area (Å²) in [5.41, 5.74) is 1.21. The standard InChI is InChI=1S/C21H19FN2O7S/c1-12(25)31-20-11-23(10-19(20)26)32(29,30)15-5-2-13(3-6-15)17-9-24(21(27)28)18-8-14(22)4-7-16(17)18/h2-9,19-20,26H,10-11H2,1H3,(H,27,28). The first-order valence-corrected chi connectivity index (χ1v) is 11.0. The van der Waals surface area contributed by atoms with Gasteiger partial charge in [0.05, 0.1) is 17.0 Å². The Kier molecular flexibility index (Phi) is 5.49. The molecule has 11 heteroatoms. The quantitative estimate of drug-likeness (QED) is 0.570. The van der Waals surface area contributed by atoms with Crippen LogP contribution in [-0.4, -0.2) is 64.9 Å². The van der Waals surface area contributed by atoms with Gasteiger partial charge in [-0.2, -0.15) is 4.31 Å². The average molecular weight is 462 g/mol. The number of ether oxygens (including phenoxy) is 1. The molecule has 0 aliphatic carbocycles. The summed E-state index contributed by atoms with van der Waals surface area (Å²) in [6, 6.07) is 9.57. The summed E-state index contributed by atoms with van der Waals surface area (Å²) < 4.78 is 46.4. The molecule has 32 heavy (non-hydrogen) atoms. The van der Waals surface area contributed by atoms with Crippen LogP contribution >= 0.6 is 0 Å². The number of nitrogens with zero attached hydrogens (tertiary/aromatic N) is 2. The summed E-state index contributed by atoms with van der Waals surface area (Å²) in [6.45, 7) is 0.806. The Bertz CT molecular complexity index is 1320. The van der Waals surface area contributed by atoms with Gasteiger partial charge in [0.25, 0.3) is 0 Å². The van der Waals surface area contributed by atoms with Crippen LogP contribution in [0.5, 0.6) is 0 Å². The van der Waals surface area contributed by atoms with Gasteiger partial charge in [-0.25, -0.2) is 17.6 Å². The van der Waals surface area contributed by atoms with Gasteiger partial charge >= 0.3 is 12.1 Å². The summed E-state index contributed by atoms with van der Waals surface area (Å²) in [5, 5.41) is 19.9. The fraction of sp³-hybridized carbons (Fsp3) is 0.238. The Balaban J connectivity index is 1.66. The highest BCUT2D eigenvalue weighted by Gasteiger charge is 2.40. The number of halogens is 1. The number of β-amino-alcohol motifs (C(OH)–C–C–N with tert-alkyl or cyclic N) is 1. The highest BCUT2D eigenvalue weighted by molar-refractivity contribution is 7.89. The van der Waals surface area contributed by atoms with Crippen LogP contribution in [-0.2, 0) is 19.6 Å². The fourth-order valence-electron chi connectivity index (χ4n) is 3.79. The lowest BCUT2D eigenvalue weighted by molar-refractivity contribution is -0.149. The molecule has 168 valence electrons.